The standard InChI is InChI=1S/C15H18N2O4S/c1-16(2)13(18)9-21-15(20)7-8-17-11-5-3-4-6-12(11)22-10-14(17)19/h3-6H,7-10H2,1-2H3. The van der Waals surface area contributed by atoms with Crippen LogP contribution in [0.15, 0.2) is 29.2 Å². The number of ether oxygens (including phenoxy) is 1. The number of likely N-dealkylation sites (N-methyl/N-ethyl adjacent to an activating group) is 1. The van der Waals surface area contributed by atoms with Crippen LogP contribution in [0.4, 0.5) is 5.69 Å². The molecule has 2 amide bonds. The van der Waals surface area contributed by atoms with Crippen LogP contribution in [0, 0.1) is 0 Å². The summed E-state index contributed by atoms with van der Waals surface area (Å²) in [4.78, 5) is 39.0. The Hall–Kier alpha value is -2.02. The summed E-state index contributed by atoms with van der Waals surface area (Å²) in [7, 11) is 3.19. The molecule has 7 heteroatoms. The maximum Gasteiger partial charge on any atom is 0.308 e. The summed E-state index contributed by atoms with van der Waals surface area (Å²) in [6.07, 6.45) is 0.0610. The van der Waals surface area contributed by atoms with Gasteiger partial charge in [-0.15, -0.1) is 11.8 Å². The van der Waals surface area contributed by atoms with Gasteiger partial charge in [-0.05, 0) is 12.1 Å². The molecule has 22 heavy (non-hydrogen) atoms. The van der Waals surface area contributed by atoms with Crippen molar-refractivity contribution in [2.75, 3.05) is 37.9 Å². The van der Waals surface area contributed by atoms with Gasteiger partial charge in [-0.2, -0.15) is 0 Å². The van der Waals surface area contributed by atoms with Gasteiger partial charge in [0.15, 0.2) is 6.61 Å². The molecular formula is C15H18N2O4S. The molecule has 2 rings (SSSR count). The lowest BCUT2D eigenvalue weighted by atomic mass is 10.2. The van der Waals surface area contributed by atoms with Gasteiger partial charge in [0.2, 0.25) is 5.91 Å². The second kappa shape index (κ2) is 7.31. The highest BCUT2D eigenvalue weighted by Crippen LogP contribution is 2.34. The predicted octanol–water partition coefficient (Wildman–Crippen LogP) is 1.15. The van der Waals surface area contributed by atoms with E-state index in [9.17, 15) is 14.4 Å². The Morgan fingerprint density at radius 1 is 1.32 bits per heavy atom. The largest absolute Gasteiger partial charge is 0.456 e. The van der Waals surface area contributed by atoms with Gasteiger partial charge in [-0.3, -0.25) is 14.4 Å². The molecule has 0 aromatic heterocycles. The number of hydrogen-bond donors (Lipinski definition) is 0. The summed E-state index contributed by atoms with van der Waals surface area (Å²) in [5, 5.41) is 0. The van der Waals surface area contributed by atoms with E-state index in [2.05, 4.69) is 0 Å². The Morgan fingerprint density at radius 3 is 2.77 bits per heavy atom. The van der Waals surface area contributed by atoms with Crippen LogP contribution >= 0.6 is 11.8 Å². The summed E-state index contributed by atoms with van der Waals surface area (Å²) in [5.41, 5.74) is 0.820. The Morgan fingerprint density at radius 2 is 2.05 bits per heavy atom. The minimum atomic E-state index is -0.487. The fourth-order valence-electron chi connectivity index (χ4n) is 1.95. The van der Waals surface area contributed by atoms with Crippen molar-refractivity contribution in [3.63, 3.8) is 0 Å². The highest BCUT2D eigenvalue weighted by molar-refractivity contribution is 8.00. The number of carbonyl (C=O) groups is 3. The zero-order valence-electron chi connectivity index (χ0n) is 12.6. The molecule has 118 valence electrons. The molecule has 0 radical (unpaired) electrons. The lowest BCUT2D eigenvalue weighted by Crippen LogP contribution is -2.37. The van der Waals surface area contributed by atoms with E-state index in [1.54, 1.807) is 19.0 Å². The number of thioether (sulfide) groups is 1. The van der Waals surface area contributed by atoms with Crippen molar-refractivity contribution in [1.29, 1.82) is 0 Å². The van der Waals surface area contributed by atoms with Gasteiger partial charge in [-0.25, -0.2) is 0 Å². The predicted molar refractivity (Wildman–Crippen MR) is 83.8 cm³/mol. The van der Waals surface area contributed by atoms with Crippen LogP contribution in [-0.2, 0) is 19.1 Å². The van der Waals surface area contributed by atoms with Gasteiger partial charge < -0.3 is 14.5 Å². The van der Waals surface area contributed by atoms with Crippen LogP contribution < -0.4 is 4.90 Å². The number of nitrogens with zero attached hydrogens (tertiary/aromatic N) is 2. The molecule has 0 N–H and O–H groups in total. The Labute approximate surface area is 133 Å². The summed E-state index contributed by atoms with van der Waals surface area (Å²) >= 11 is 1.49. The van der Waals surface area contributed by atoms with Crippen LogP contribution in [0.1, 0.15) is 6.42 Å². The van der Waals surface area contributed by atoms with Crippen LogP contribution in [-0.4, -0.2) is 55.7 Å². The van der Waals surface area contributed by atoms with E-state index in [0.29, 0.717) is 5.75 Å². The van der Waals surface area contributed by atoms with E-state index < -0.39 is 5.97 Å². The fourth-order valence-corrected chi connectivity index (χ4v) is 2.88. The first kappa shape index (κ1) is 16.4. The molecule has 1 aliphatic rings. The van der Waals surface area contributed by atoms with Crippen molar-refractivity contribution in [3.8, 4) is 0 Å². The Balaban J connectivity index is 1.90. The average Bonchev–Trinajstić information content (AvgIpc) is 2.51. The number of carbonyl (C=O) groups excluding carboxylic acids is 3. The number of benzene rings is 1. The van der Waals surface area contributed by atoms with Crippen molar-refractivity contribution >= 4 is 35.2 Å². The number of hydrogen-bond acceptors (Lipinski definition) is 5. The summed E-state index contributed by atoms with van der Waals surface area (Å²) < 4.78 is 4.91. The zero-order chi connectivity index (χ0) is 16.1. The number of rotatable bonds is 5. The molecule has 0 unspecified atom stereocenters. The van der Waals surface area contributed by atoms with E-state index in [1.807, 2.05) is 24.3 Å². The number of anilines is 1. The average molecular weight is 322 g/mol. The molecular weight excluding hydrogens is 304 g/mol. The van der Waals surface area contributed by atoms with E-state index >= 15 is 0 Å². The number of fused-ring (bicyclic) bond motifs is 1. The second-order valence-corrected chi connectivity index (χ2v) is 6.02. The monoisotopic (exact) mass is 322 g/mol. The summed E-state index contributed by atoms with van der Waals surface area (Å²) in [6.45, 7) is -0.0163. The van der Waals surface area contributed by atoms with Crippen molar-refractivity contribution in [1.82, 2.24) is 4.90 Å². The molecule has 0 saturated carbocycles. The molecule has 1 aliphatic heterocycles. The minimum Gasteiger partial charge on any atom is -0.456 e. The van der Waals surface area contributed by atoms with Crippen molar-refractivity contribution in [2.45, 2.75) is 11.3 Å². The molecule has 1 heterocycles. The molecule has 0 saturated heterocycles. The maximum atomic E-state index is 12.0. The van der Waals surface area contributed by atoms with E-state index in [-0.39, 0.29) is 31.4 Å². The third-order valence-corrected chi connectivity index (χ3v) is 4.25. The molecule has 0 spiro atoms. The smallest absolute Gasteiger partial charge is 0.308 e. The topological polar surface area (TPSA) is 66.9 Å². The Kier molecular flexibility index (Phi) is 5.43. The highest BCUT2D eigenvalue weighted by Gasteiger charge is 2.24. The third-order valence-electron chi connectivity index (χ3n) is 3.20. The first-order valence-corrected chi connectivity index (χ1v) is 7.85. The quantitative estimate of drug-likeness (QED) is 0.761. The molecule has 6 nitrogen and oxygen atoms in total. The first-order valence-electron chi connectivity index (χ1n) is 6.87. The van der Waals surface area contributed by atoms with E-state index in [0.717, 1.165) is 10.6 Å². The zero-order valence-corrected chi connectivity index (χ0v) is 13.4. The fraction of sp³-hybridized carbons (Fsp3) is 0.400. The minimum absolute atomic E-state index is 0.0270. The van der Waals surface area contributed by atoms with Gasteiger partial charge in [0.25, 0.3) is 5.91 Å². The van der Waals surface area contributed by atoms with Gasteiger partial charge in [-0.1, -0.05) is 12.1 Å². The van der Waals surface area contributed by atoms with Crippen molar-refractivity contribution in [2.24, 2.45) is 0 Å². The summed E-state index contributed by atoms with van der Waals surface area (Å²) in [6, 6.07) is 7.59. The van der Waals surface area contributed by atoms with Crippen LogP contribution in [0.2, 0.25) is 0 Å². The normalized spacial score (nSPS) is 13.5. The SMILES string of the molecule is CN(C)C(=O)COC(=O)CCN1C(=O)CSc2ccccc21. The lowest BCUT2D eigenvalue weighted by Gasteiger charge is -2.28. The van der Waals surface area contributed by atoms with Gasteiger partial charge in [0.1, 0.15) is 0 Å². The van der Waals surface area contributed by atoms with E-state index in [1.165, 1.54) is 16.7 Å². The van der Waals surface area contributed by atoms with Gasteiger partial charge in [0.05, 0.1) is 17.9 Å². The van der Waals surface area contributed by atoms with Crippen molar-refractivity contribution in [3.05, 3.63) is 24.3 Å². The highest BCUT2D eigenvalue weighted by atomic mass is 32.2. The third kappa shape index (κ3) is 4.00. The van der Waals surface area contributed by atoms with Crippen LogP contribution in [0.5, 0.6) is 0 Å². The molecule has 0 bridgehead atoms. The number of amides is 2. The number of para-hydroxylation sites is 1. The first-order chi connectivity index (χ1) is 10.5. The van der Waals surface area contributed by atoms with Crippen LogP contribution in [0.3, 0.4) is 0 Å². The molecule has 0 fully saturated rings. The van der Waals surface area contributed by atoms with E-state index in [4.69, 9.17) is 4.74 Å². The maximum absolute atomic E-state index is 12.0. The molecule has 1 aromatic rings. The van der Waals surface area contributed by atoms with Gasteiger partial charge >= 0.3 is 5.97 Å². The number of esters is 1. The lowest BCUT2D eigenvalue weighted by molar-refractivity contribution is -0.150. The molecule has 0 aliphatic carbocycles. The molecule has 0 atom stereocenters. The van der Waals surface area contributed by atoms with Crippen molar-refractivity contribution < 1.29 is 19.1 Å². The Bertz CT molecular complexity index is 589. The summed E-state index contributed by atoms with van der Waals surface area (Å²) in [5.74, 6) is -0.422. The molecule has 1 aromatic carbocycles. The van der Waals surface area contributed by atoms with Gasteiger partial charge in [0, 0.05) is 25.5 Å². The second-order valence-electron chi connectivity index (χ2n) is 5.00. The van der Waals surface area contributed by atoms with Crippen LogP contribution in [0.25, 0.3) is 0 Å².